The Morgan fingerprint density at radius 3 is 2.09 bits per heavy atom. The van der Waals surface area contributed by atoms with Crippen LogP contribution >= 0.6 is 0 Å². The average molecular weight is 429 g/mol. The van der Waals surface area contributed by atoms with Crippen molar-refractivity contribution in [2.45, 2.75) is 34.1 Å². The molecule has 0 aliphatic heterocycles. The zero-order valence-corrected chi connectivity index (χ0v) is 19.1. The molecule has 0 aliphatic rings. The van der Waals surface area contributed by atoms with Gasteiger partial charge in [0.15, 0.2) is 0 Å². The van der Waals surface area contributed by atoms with E-state index in [4.69, 9.17) is 4.74 Å². The van der Waals surface area contributed by atoms with Crippen LogP contribution in [0.4, 0.5) is 4.39 Å². The molecule has 32 heavy (non-hydrogen) atoms. The van der Waals surface area contributed by atoms with E-state index >= 15 is 0 Å². The number of benzene rings is 3. The fraction of sp³-hybridized carbons (Fsp3) is 0.179. The molecule has 0 amide bonds. The van der Waals surface area contributed by atoms with E-state index in [1.54, 1.807) is 12.1 Å². The molecular formula is C28H29FN2O. The number of hydrogen-bond acceptors (Lipinski definition) is 2. The fourth-order valence-electron chi connectivity index (χ4n) is 3.21. The van der Waals surface area contributed by atoms with Crippen molar-refractivity contribution in [3.8, 4) is 23.3 Å². The summed E-state index contributed by atoms with van der Waals surface area (Å²) in [6.07, 6.45) is 4.70. The van der Waals surface area contributed by atoms with Crippen molar-refractivity contribution in [2.24, 2.45) is 0 Å². The van der Waals surface area contributed by atoms with Gasteiger partial charge in [0.2, 0.25) is 0 Å². The molecule has 0 aliphatic carbocycles. The third-order valence-electron chi connectivity index (χ3n) is 4.55. The molecule has 3 nitrogen and oxygen atoms in total. The molecule has 0 unspecified atom stereocenters. The highest BCUT2D eigenvalue weighted by atomic mass is 19.1. The van der Waals surface area contributed by atoms with Gasteiger partial charge in [-0.2, -0.15) is 5.26 Å². The summed E-state index contributed by atoms with van der Waals surface area (Å²) in [4.78, 5) is 0. The molecule has 4 heteroatoms. The van der Waals surface area contributed by atoms with Crippen LogP contribution in [0.3, 0.4) is 0 Å². The first-order valence-corrected chi connectivity index (χ1v) is 10.9. The first kappa shape index (κ1) is 24.4. The molecule has 4 rings (SSSR count). The molecule has 1 heterocycles. The smallest absolute Gasteiger partial charge is 0.127 e. The maximum atomic E-state index is 13.0. The van der Waals surface area contributed by atoms with Gasteiger partial charge in [0.25, 0.3) is 0 Å². The van der Waals surface area contributed by atoms with Gasteiger partial charge in [0.05, 0.1) is 17.1 Å². The zero-order valence-electron chi connectivity index (χ0n) is 19.1. The molecule has 0 atom stereocenters. The lowest BCUT2D eigenvalue weighted by atomic mass is 10.1. The topological polar surface area (TPSA) is 38.0 Å². The lowest BCUT2D eigenvalue weighted by Gasteiger charge is -2.09. The van der Waals surface area contributed by atoms with E-state index in [9.17, 15) is 9.65 Å². The summed E-state index contributed by atoms with van der Waals surface area (Å²) in [7, 11) is 0. The summed E-state index contributed by atoms with van der Waals surface area (Å²) < 4.78 is 20.8. The molecule has 0 spiro atoms. The number of rotatable bonds is 5. The van der Waals surface area contributed by atoms with Gasteiger partial charge in [-0.15, -0.1) is 6.58 Å². The second kappa shape index (κ2) is 12.1. The van der Waals surface area contributed by atoms with Gasteiger partial charge in [0, 0.05) is 17.3 Å². The van der Waals surface area contributed by atoms with E-state index in [1.807, 2.05) is 76.2 Å². The highest BCUT2D eigenvalue weighted by Crippen LogP contribution is 2.28. The Hall–Kier alpha value is -3.84. The van der Waals surface area contributed by atoms with Crippen molar-refractivity contribution >= 4 is 10.9 Å². The van der Waals surface area contributed by atoms with Crippen LogP contribution in [0, 0.1) is 17.1 Å². The summed E-state index contributed by atoms with van der Waals surface area (Å²) in [5.74, 6) is 0.942. The van der Waals surface area contributed by atoms with Crippen molar-refractivity contribution < 1.29 is 9.13 Å². The number of nitrogens with zero attached hydrogens (tertiary/aromatic N) is 2. The lowest BCUT2D eigenvalue weighted by molar-refractivity contribution is 0.480. The lowest BCUT2D eigenvalue weighted by Crippen LogP contribution is -1.92. The molecule has 0 fully saturated rings. The third kappa shape index (κ3) is 5.65. The summed E-state index contributed by atoms with van der Waals surface area (Å²) in [6, 6.07) is 21.5. The van der Waals surface area contributed by atoms with Crippen LogP contribution in [0.1, 0.15) is 38.8 Å². The monoisotopic (exact) mass is 428 g/mol. The number of ether oxygens (including phenoxy) is 1. The Kier molecular flexibility index (Phi) is 9.25. The second-order valence-electron chi connectivity index (χ2n) is 6.41. The van der Waals surface area contributed by atoms with Crippen LogP contribution in [0.15, 0.2) is 85.6 Å². The number of allylic oxidation sites excluding steroid dienone is 1. The standard InChI is InChI=1S/C24H17FN2O.2C2H6/c1-2-3-18-16-27(24-14-17(15-26)4-13-23(18)24)20-7-11-22(12-8-20)28-21-9-5-19(25)6-10-21;2*1-2/h2,4-14,16H,1,3H2;2*1-2H3. The van der Waals surface area contributed by atoms with Crippen LogP contribution in [0.2, 0.25) is 0 Å². The predicted octanol–water partition coefficient (Wildman–Crippen LogP) is 8.21. The zero-order chi connectivity index (χ0) is 23.5. The summed E-state index contributed by atoms with van der Waals surface area (Å²) in [5.41, 5.74) is 3.71. The summed E-state index contributed by atoms with van der Waals surface area (Å²) >= 11 is 0. The van der Waals surface area contributed by atoms with Crippen molar-refractivity contribution in [3.05, 3.63) is 103 Å². The van der Waals surface area contributed by atoms with Crippen molar-refractivity contribution in [2.75, 3.05) is 0 Å². The van der Waals surface area contributed by atoms with Gasteiger partial charge < -0.3 is 9.30 Å². The first-order chi connectivity index (χ1) is 15.7. The van der Waals surface area contributed by atoms with E-state index in [2.05, 4.69) is 23.4 Å². The number of hydrogen-bond donors (Lipinski definition) is 0. The van der Waals surface area contributed by atoms with Gasteiger partial charge in [0.1, 0.15) is 17.3 Å². The fourth-order valence-corrected chi connectivity index (χ4v) is 3.21. The molecule has 0 N–H and O–H groups in total. The Bertz CT molecular complexity index is 1180. The van der Waals surface area contributed by atoms with Crippen LogP contribution in [0.25, 0.3) is 16.6 Å². The SMILES string of the molecule is C=CCc1cn(-c2ccc(Oc3ccc(F)cc3)cc2)c2cc(C#N)ccc12.CC.CC. The van der Waals surface area contributed by atoms with Crippen LogP contribution < -0.4 is 4.74 Å². The van der Waals surface area contributed by atoms with Gasteiger partial charge in [-0.3, -0.25) is 0 Å². The van der Waals surface area contributed by atoms with E-state index in [0.29, 0.717) is 17.1 Å². The van der Waals surface area contributed by atoms with Gasteiger partial charge >= 0.3 is 0 Å². The molecule has 4 aromatic rings. The molecule has 3 aromatic carbocycles. The Morgan fingerprint density at radius 1 is 0.938 bits per heavy atom. The van der Waals surface area contributed by atoms with Crippen LogP contribution in [-0.2, 0) is 6.42 Å². The molecule has 0 saturated carbocycles. The molecule has 0 radical (unpaired) electrons. The van der Waals surface area contributed by atoms with Crippen molar-refractivity contribution in [3.63, 3.8) is 0 Å². The quantitative estimate of drug-likeness (QED) is 0.300. The first-order valence-electron chi connectivity index (χ1n) is 10.9. The second-order valence-corrected chi connectivity index (χ2v) is 6.41. The Labute approximate surface area is 190 Å². The minimum absolute atomic E-state index is 0.297. The van der Waals surface area contributed by atoms with Crippen molar-refractivity contribution in [1.82, 2.24) is 4.57 Å². The molecule has 0 bridgehead atoms. The molecule has 0 saturated heterocycles. The van der Waals surface area contributed by atoms with E-state index in [1.165, 1.54) is 12.1 Å². The summed E-state index contributed by atoms with van der Waals surface area (Å²) in [5, 5.41) is 10.3. The third-order valence-corrected chi connectivity index (χ3v) is 4.55. The van der Waals surface area contributed by atoms with E-state index in [-0.39, 0.29) is 5.82 Å². The molecule has 164 valence electrons. The van der Waals surface area contributed by atoms with E-state index in [0.717, 1.165) is 28.6 Å². The molecule has 1 aromatic heterocycles. The van der Waals surface area contributed by atoms with E-state index < -0.39 is 0 Å². The van der Waals surface area contributed by atoms with Gasteiger partial charge in [-0.25, -0.2) is 4.39 Å². The maximum Gasteiger partial charge on any atom is 0.127 e. The highest BCUT2D eigenvalue weighted by Gasteiger charge is 2.10. The maximum absolute atomic E-state index is 13.0. The minimum atomic E-state index is -0.297. The van der Waals surface area contributed by atoms with Gasteiger partial charge in [-0.05, 0) is 72.6 Å². The predicted molar refractivity (Wildman–Crippen MR) is 131 cm³/mol. The Morgan fingerprint density at radius 2 is 1.53 bits per heavy atom. The average Bonchev–Trinajstić information content (AvgIpc) is 3.21. The number of halogens is 1. The van der Waals surface area contributed by atoms with Gasteiger partial charge in [-0.1, -0.05) is 39.8 Å². The summed E-state index contributed by atoms with van der Waals surface area (Å²) in [6.45, 7) is 11.8. The number of aromatic nitrogens is 1. The Balaban J connectivity index is 0.000000860. The molecular weight excluding hydrogens is 399 g/mol. The van der Waals surface area contributed by atoms with Crippen LogP contribution in [-0.4, -0.2) is 4.57 Å². The largest absolute Gasteiger partial charge is 0.457 e. The number of nitriles is 1. The van der Waals surface area contributed by atoms with Crippen molar-refractivity contribution in [1.29, 1.82) is 5.26 Å². The van der Waals surface area contributed by atoms with Crippen LogP contribution in [0.5, 0.6) is 11.5 Å². The minimum Gasteiger partial charge on any atom is -0.457 e. The highest BCUT2D eigenvalue weighted by molar-refractivity contribution is 5.87. The number of fused-ring (bicyclic) bond motifs is 1. The normalized spacial score (nSPS) is 9.62.